The summed E-state index contributed by atoms with van der Waals surface area (Å²) < 4.78 is 24.7. The van der Waals surface area contributed by atoms with E-state index in [2.05, 4.69) is 29.8 Å². The van der Waals surface area contributed by atoms with Crippen molar-refractivity contribution in [2.75, 3.05) is 17.8 Å². The number of hydrogen-bond donors (Lipinski definition) is 0. The van der Waals surface area contributed by atoms with Crippen molar-refractivity contribution in [2.45, 2.75) is 33.1 Å². The lowest BCUT2D eigenvalue weighted by Crippen LogP contribution is -2.42. The Bertz CT molecular complexity index is 281. The fraction of sp³-hybridized carbons (Fsp3) is 1.00. The highest BCUT2D eigenvalue weighted by atomic mass is 79.9. The van der Waals surface area contributed by atoms with Crippen LogP contribution in [0.3, 0.4) is 0 Å². The smallest absolute Gasteiger partial charge is 0.211 e. The average molecular weight is 284 g/mol. The van der Waals surface area contributed by atoms with Gasteiger partial charge >= 0.3 is 0 Å². The normalized spacial score (nSPS) is 23.6. The third-order valence-electron chi connectivity index (χ3n) is 3.31. The molecule has 0 aliphatic carbocycles. The minimum atomic E-state index is -3.03. The van der Waals surface area contributed by atoms with Crippen LogP contribution in [0.15, 0.2) is 0 Å². The molecule has 14 heavy (non-hydrogen) atoms. The van der Waals surface area contributed by atoms with E-state index in [1.54, 1.807) is 4.31 Å². The summed E-state index contributed by atoms with van der Waals surface area (Å²) in [5.41, 5.74) is 0.346. The van der Waals surface area contributed by atoms with Crippen molar-refractivity contribution in [1.82, 2.24) is 4.31 Å². The third-order valence-corrected chi connectivity index (χ3v) is 6.48. The van der Waals surface area contributed by atoms with E-state index >= 15 is 0 Å². The molecule has 0 bridgehead atoms. The molecule has 0 aromatic carbocycles. The molecule has 0 aromatic heterocycles. The van der Waals surface area contributed by atoms with Gasteiger partial charge < -0.3 is 0 Å². The number of nitrogens with zero attached hydrogens (tertiary/aromatic N) is 1. The van der Waals surface area contributed by atoms with Crippen LogP contribution in [-0.4, -0.2) is 30.5 Å². The van der Waals surface area contributed by atoms with Gasteiger partial charge in [0, 0.05) is 13.1 Å². The Balaban J connectivity index is 2.60. The second-order valence-electron chi connectivity index (χ2n) is 4.28. The molecule has 0 N–H and O–H groups in total. The van der Waals surface area contributed by atoms with E-state index in [0.717, 1.165) is 19.3 Å². The minimum Gasteiger partial charge on any atom is -0.211 e. The Morgan fingerprint density at radius 3 is 2.21 bits per heavy atom. The van der Waals surface area contributed by atoms with Crippen molar-refractivity contribution in [3.63, 3.8) is 0 Å². The zero-order chi connectivity index (χ0) is 10.8. The van der Waals surface area contributed by atoms with Gasteiger partial charge in [-0.2, -0.15) is 0 Å². The number of rotatable bonds is 3. The monoisotopic (exact) mass is 283 g/mol. The average Bonchev–Trinajstić information content (AvgIpc) is 2.19. The minimum absolute atomic E-state index is 0.0445. The fourth-order valence-electron chi connectivity index (χ4n) is 1.73. The van der Waals surface area contributed by atoms with Gasteiger partial charge in [0.15, 0.2) is 0 Å². The van der Waals surface area contributed by atoms with E-state index in [4.69, 9.17) is 0 Å². The second kappa shape index (κ2) is 4.49. The van der Waals surface area contributed by atoms with Crippen LogP contribution in [0.1, 0.15) is 33.1 Å². The van der Waals surface area contributed by atoms with E-state index in [9.17, 15) is 8.42 Å². The summed E-state index contributed by atoms with van der Waals surface area (Å²) in [6.07, 6.45) is 3.10. The Hall–Kier alpha value is 0.390. The van der Waals surface area contributed by atoms with Crippen LogP contribution in [-0.2, 0) is 10.0 Å². The Morgan fingerprint density at radius 2 is 1.86 bits per heavy atom. The SMILES string of the molecule is CCC1(C)CCN(S(=O)(=O)CBr)CC1. The molecule has 1 aliphatic rings. The maximum atomic E-state index is 11.5. The molecule has 84 valence electrons. The lowest BCUT2D eigenvalue weighted by molar-refractivity contribution is 0.169. The lowest BCUT2D eigenvalue weighted by Gasteiger charge is -2.37. The zero-order valence-electron chi connectivity index (χ0n) is 8.79. The quantitative estimate of drug-likeness (QED) is 0.745. The highest BCUT2D eigenvalue weighted by molar-refractivity contribution is 9.10. The van der Waals surface area contributed by atoms with Crippen molar-refractivity contribution in [1.29, 1.82) is 0 Å². The van der Waals surface area contributed by atoms with Crippen LogP contribution in [0.4, 0.5) is 0 Å². The maximum Gasteiger partial charge on any atom is 0.224 e. The molecule has 0 spiro atoms. The van der Waals surface area contributed by atoms with Gasteiger partial charge in [-0.3, -0.25) is 0 Å². The standard InChI is InChI=1S/C9H18BrNO2S/c1-3-9(2)4-6-11(7-5-9)14(12,13)8-10/h3-8H2,1-2H3. The number of halogens is 1. The van der Waals surface area contributed by atoms with Crippen LogP contribution in [0.25, 0.3) is 0 Å². The molecule has 0 atom stereocenters. The molecular weight excluding hydrogens is 266 g/mol. The lowest BCUT2D eigenvalue weighted by atomic mass is 9.79. The Kier molecular flexibility index (Phi) is 4.00. The van der Waals surface area contributed by atoms with Crippen molar-refractivity contribution in [3.8, 4) is 0 Å². The van der Waals surface area contributed by atoms with Crippen molar-refractivity contribution in [3.05, 3.63) is 0 Å². The number of sulfonamides is 1. The summed E-state index contributed by atoms with van der Waals surface area (Å²) in [6, 6.07) is 0. The molecule has 1 saturated heterocycles. The summed E-state index contributed by atoms with van der Waals surface area (Å²) in [6.45, 7) is 5.77. The summed E-state index contributed by atoms with van der Waals surface area (Å²) in [4.78, 5) is 0. The molecule has 0 unspecified atom stereocenters. The van der Waals surface area contributed by atoms with Crippen LogP contribution in [0, 0.1) is 5.41 Å². The number of hydrogen-bond acceptors (Lipinski definition) is 2. The highest BCUT2D eigenvalue weighted by Gasteiger charge is 2.32. The van der Waals surface area contributed by atoms with Gasteiger partial charge in [0.05, 0.1) is 0 Å². The molecule has 0 saturated carbocycles. The zero-order valence-corrected chi connectivity index (χ0v) is 11.2. The first kappa shape index (κ1) is 12.5. The van der Waals surface area contributed by atoms with E-state index in [0.29, 0.717) is 18.5 Å². The van der Waals surface area contributed by atoms with E-state index in [1.807, 2.05) is 0 Å². The predicted octanol–water partition coefficient (Wildman–Crippen LogP) is 2.18. The molecule has 1 fully saturated rings. The molecule has 0 amide bonds. The van der Waals surface area contributed by atoms with Gasteiger partial charge in [0.2, 0.25) is 10.0 Å². The molecule has 1 aliphatic heterocycles. The third kappa shape index (κ3) is 2.70. The van der Waals surface area contributed by atoms with Crippen LogP contribution in [0.5, 0.6) is 0 Å². The molecule has 3 nitrogen and oxygen atoms in total. The van der Waals surface area contributed by atoms with Gasteiger partial charge in [-0.15, -0.1) is 0 Å². The van der Waals surface area contributed by atoms with Gasteiger partial charge in [-0.05, 0) is 18.3 Å². The van der Waals surface area contributed by atoms with Gasteiger partial charge in [-0.1, -0.05) is 36.2 Å². The second-order valence-corrected chi connectivity index (χ2v) is 7.56. The van der Waals surface area contributed by atoms with Crippen molar-refractivity contribution >= 4 is 26.0 Å². The first-order valence-corrected chi connectivity index (χ1v) is 7.70. The topological polar surface area (TPSA) is 37.4 Å². The highest BCUT2D eigenvalue weighted by Crippen LogP contribution is 2.34. The maximum absolute atomic E-state index is 11.5. The van der Waals surface area contributed by atoms with Gasteiger partial charge in [-0.25, -0.2) is 12.7 Å². The molecule has 1 heterocycles. The fourth-order valence-corrected chi connectivity index (χ4v) is 3.47. The first-order chi connectivity index (χ1) is 6.43. The van der Waals surface area contributed by atoms with E-state index < -0.39 is 10.0 Å². The van der Waals surface area contributed by atoms with Crippen molar-refractivity contribution in [2.24, 2.45) is 5.41 Å². The van der Waals surface area contributed by atoms with Crippen LogP contribution >= 0.6 is 15.9 Å². The Morgan fingerprint density at radius 1 is 1.36 bits per heavy atom. The predicted molar refractivity (Wildman–Crippen MR) is 61.9 cm³/mol. The summed E-state index contributed by atoms with van der Waals surface area (Å²) in [7, 11) is -3.03. The Labute approximate surface area is 95.0 Å². The summed E-state index contributed by atoms with van der Waals surface area (Å²) in [5, 5.41) is 0. The van der Waals surface area contributed by atoms with Gasteiger partial charge in [0.25, 0.3) is 0 Å². The van der Waals surface area contributed by atoms with Crippen LogP contribution < -0.4 is 0 Å². The van der Waals surface area contributed by atoms with E-state index in [1.165, 1.54) is 0 Å². The molecule has 5 heteroatoms. The summed E-state index contributed by atoms with van der Waals surface area (Å²) in [5.74, 6) is 0. The summed E-state index contributed by atoms with van der Waals surface area (Å²) >= 11 is 3.02. The molecule has 0 aromatic rings. The largest absolute Gasteiger partial charge is 0.224 e. The first-order valence-electron chi connectivity index (χ1n) is 4.97. The number of piperidine rings is 1. The molecule has 1 rings (SSSR count). The van der Waals surface area contributed by atoms with Crippen molar-refractivity contribution < 1.29 is 8.42 Å². The molecular formula is C9H18BrNO2S. The number of alkyl halides is 1. The van der Waals surface area contributed by atoms with E-state index in [-0.39, 0.29) is 4.66 Å². The van der Waals surface area contributed by atoms with Crippen LogP contribution in [0.2, 0.25) is 0 Å². The molecule has 0 radical (unpaired) electrons. The van der Waals surface area contributed by atoms with Gasteiger partial charge in [0.1, 0.15) is 4.66 Å².